The Morgan fingerprint density at radius 2 is 2.29 bits per heavy atom. The van der Waals surface area contributed by atoms with Crippen LogP contribution in [0.4, 0.5) is 0 Å². The molecule has 0 aromatic heterocycles. The molecule has 1 aromatic carbocycles. The average molecular weight is 297 g/mol. The Hall–Kier alpha value is -1.16. The number of carbonyl (C=O) groups is 2. The summed E-state index contributed by atoms with van der Waals surface area (Å²) in [6.45, 7) is 2.06. The molecule has 0 amide bonds. The molecule has 1 aliphatic rings. The van der Waals surface area contributed by atoms with Gasteiger partial charge in [0.15, 0.2) is 5.78 Å². The summed E-state index contributed by atoms with van der Waals surface area (Å²) in [5, 5.41) is 0. The number of rotatable bonds is 2. The highest BCUT2D eigenvalue weighted by Crippen LogP contribution is 2.28. The van der Waals surface area contributed by atoms with Gasteiger partial charge in [0.1, 0.15) is 5.92 Å². The molecule has 0 radical (unpaired) electrons. The second-order valence-electron chi connectivity index (χ2n) is 4.01. The number of fused-ring (bicyclic) bond motifs is 1. The van der Waals surface area contributed by atoms with Crippen LogP contribution in [0.25, 0.3) is 0 Å². The fourth-order valence-corrected chi connectivity index (χ4v) is 2.50. The van der Waals surface area contributed by atoms with Crippen molar-refractivity contribution in [2.45, 2.75) is 19.8 Å². The lowest BCUT2D eigenvalue weighted by Crippen LogP contribution is -2.30. The molecular weight excluding hydrogens is 284 g/mol. The lowest BCUT2D eigenvalue weighted by Gasteiger charge is -2.21. The Balaban J connectivity index is 2.27. The van der Waals surface area contributed by atoms with E-state index in [2.05, 4.69) is 15.9 Å². The topological polar surface area (TPSA) is 43.4 Å². The van der Waals surface area contributed by atoms with Crippen molar-refractivity contribution in [2.75, 3.05) is 6.61 Å². The molecular formula is C13H13BrO3. The number of hydrogen-bond acceptors (Lipinski definition) is 3. The molecule has 1 unspecified atom stereocenters. The first-order valence-electron chi connectivity index (χ1n) is 5.62. The SMILES string of the molecule is CCOC(=O)C1CCc2cc(Br)ccc2C1=O. The van der Waals surface area contributed by atoms with E-state index in [0.29, 0.717) is 18.6 Å². The van der Waals surface area contributed by atoms with E-state index in [1.807, 2.05) is 12.1 Å². The third-order valence-corrected chi connectivity index (χ3v) is 3.42. The largest absolute Gasteiger partial charge is 0.465 e. The van der Waals surface area contributed by atoms with E-state index >= 15 is 0 Å². The monoisotopic (exact) mass is 296 g/mol. The summed E-state index contributed by atoms with van der Waals surface area (Å²) >= 11 is 3.38. The molecule has 4 heteroatoms. The smallest absolute Gasteiger partial charge is 0.316 e. The second-order valence-corrected chi connectivity index (χ2v) is 4.92. The van der Waals surface area contributed by atoms with Gasteiger partial charge in [-0.2, -0.15) is 0 Å². The van der Waals surface area contributed by atoms with Gasteiger partial charge in [0.25, 0.3) is 0 Å². The molecule has 1 aromatic rings. The van der Waals surface area contributed by atoms with Gasteiger partial charge in [-0.15, -0.1) is 0 Å². The van der Waals surface area contributed by atoms with Crippen LogP contribution in [0.15, 0.2) is 22.7 Å². The van der Waals surface area contributed by atoms with E-state index in [9.17, 15) is 9.59 Å². The second kappa shape index (κ2) is 5.00. The zero-order chi connectivity index (χ0) is 12.4. The molecule has 0 spiro atoms. The molecule has 2 rings (SSSR count). The summed E-state index contributed by atoms with van der Waals surface area (Å²) in [6.07, 6.45) is 1.28. The third kappa shape index (κ3) is 2.41. The van der Waals surface area contributed by atoms with Crippen LogP contribution in [0.2, 0.25) is 0 Å². The van der Waals surface area contributed by atoms with Crippen molar-refractivity contribution in [2.24, 2.45) is 5.92 Å². The van der Waals surface area contributed by atoms with Crippen molar-refractivity contribution >= 4 is 27.7 Å². The number of halogens is 1. The van der Waals surface area contributed by atoms with E-state index in [1.165, 1.54) is 0 Å². The maximum Gasteiger partial charge on any atom is 0.316 e. The van der Waals surface area contributed by atoms with Gasteiger partial charge in [0.2, 0.25) is 0 Å². The fourth-order valence-electron chi connectivity index (χ4n) is 2.10. The molecule has 0 saturated carbocycles. The van der Waals surface area contributed by atoms with Crippen molar-refractivity contribution in [3.8, 4) is 0 Å². The van der Waals surface area contributed by atoms with Gasteiger partial charge in [-0.1, -0.05) is 15.9 Å². The van der Waals surface area contributed by atoms with E-state index in [4.69, 9.17) is 4.74 Å². The minimum Gasteiger partial charge on any atom is -0.465 e. The quantitative estimate of drug-likeness (QED) is 0.623. The highest BCUT2D eigenvalue weighted by atomic mass is 79.9. The summed E-state index contributed by atoms with van der Waals surface area (Å²) in [5.74, 6) is -1.13. The predicted octanol–water partition coefficient (Wildman–Crippen LogP) is 2.76. The van der Waals surface area contributed by atoms with Gasteiger partial charge in [0, 0.05) is 10.0 Å². The number of ketones is 1. The van der Waals surface area contributed by atoms with Crippen molar-refractivity contribution in [3.05, 3.63) is 33.8 Å². The summed E-state index contributed by atoms with van der Waals surface area (Å²) < 4.78 is 5.88. The summed E-state index contributed by atoms with van der Waals surface area (Å²) in [5.41, 5.74) is 1.66. The molecule has 17 heavy (non-hydrogen) atoms. The maximum atomic E-state index is 12.1. The van der Waals surface area contributed by atoms with Crippen LogP contribution in [0, 0.1) is 5.92 Å². The number of ether oxygens (including phenoxy) is 1. The summed E-state index contributed by atoms with van der Waals surface area (Å²) in [4.78, 5) is 23.8. The molecule has 3 nitrogen and oxygen atoms in total. The fraction of sp³-hybridized carbons (Fsp3) is 0.385. The zero-order valence-corrected chi connectivity index (χ0v) is 11.1. The van der Waals surface area contributed by atoms with Crippen LogP contribution in [0.1, 0.15) is 29.3 Å². The highest BCUT2D eigenvalue weighted by Gasteiger charge is 2.33. The summed E-state index contributed by atoms with van der Waals surface area (Å²) in [7, 11) is 0. The normalized spacial score (nSPS) is 18.7. The number of hydrogen-bond donors (Lipinski definition) is 0. The van der Waals surface area contributed by atoms with E-state index in [0.717, 1.165) is 16.5 Å². The van der Waals surface area contributed by atoms with Crippen LogP contribution in [0.3, 0.4) is 0 Å². The number of aryl methyl sites for hydroxylation is 1. The molecule has 0 bridgehead atoms. The maximum absolute atomic E-state index is 12.1. The minimum absolute atomic E-state index is 0.114. The van der Waals surface area contributed by atoms with E-state index in [1.54, 1.807) is 13.0 Å². The number of Topliss-reactive ketones (excluding diaryl/α,β-unsaturated/α-hetero) is 1. The van der Waals surface area contributed by atoms with Crippen LogP contribution < -0.4 is 0 Å². The first-order valence-corrected chi connectivity index (χ1v) is 6.42. The number of esters is 1. The third-order valence-electron chi connectivity index (χ3n) is 2.92. The number of benzene rings is 1. The minimum atomic E-state index is -0.622. The predicted molar refractivity (Wildman–Crippen MR) is 66.9 cm³/mol. The molecule has 0 saturated heterocycles. The standard InChI is InChI=1S/C13H13BrO3/c1-2-17-13(16)11-5-3-8-7-9(14)4-6-10(8)12(11)15/h4,6-7,11H,2-3,5H2,1H3. The van der Waals surface area contributed by atoms with Gasteiger partial charge in [0.05, 0.1) is 6.61 Å². The van der Waals surface area contributed by atoms with Crippen LogP contribution >= 0.6 is 15.9 Å². The molecule has 90 valence electrons. The molecule has 0 N–H and O–H groups in total. The number of carbonyl (C=O) groups excluding carboxylic acids is 2. The Labute approximate surface area is 108 Å². The van der Waals surface area contributed by atoms with Crippen LogP contribution in [0.5, 0.6) is 0 Å². The molecule has 0 heterocycles. The Kier molecular flexibility index (Phi) is 3.62. The highest BCUT2D eigenvalue weighted by molar-refractivity contribution is 9.10. The van der Waals surface area contributed by atoms with Crippen molar-refractivity contribution < 1.29 is 14.3 Å². The first kappa shape index (κ1) is 12.3. The van der Waals surface area contributed by atoms with Crippen LogP contribution in [-0.4, -0.2) is 18.4 Å². The molecule has 1 atom stereocenters. The van der Waals surface area contributed by atoms with E-state index < -0.39 is 11.9 Å². The zero-order valence-electron chi connectivity index (χ0n) is 9.53. The van der Waals surface area contributed by atoms with Gasteiger partial charge in [-0.05, 0) is 43.5 Å². The molecule has 0 fully saturated rings. The van der Waals surface area contributed by atoms with E-state index in [-0.39, 0.29) is 5.78 Å². The molecule has 0 aliphatic heterocycles. The Morgan fingerprint density at radius 1 is 1.53 bits per heavy atom. The molecule has 1 aliphatic carbocycles. The lowest BCUT2D eigenvalue weighted by molar-refractivity contribution is -0.146. The average Bonchev–Trinajstić information content (AvgIpc) is 2.29. The van der Waals surface area contributed by atoms with Gasteiger partial charge >= 0.3 is 5.97 Å². The van der Waals surface area contributed by atoms with Gasteiger partial charge in [-0.3, -0.25) is 9.59 Å². The lowest BCUT2D eigenvalue weighted by atomic mass is 9.83. The van der Waals surface area contributed by atoms with Crippen molar-refractivity contribution in [1.29, 1.82) is 0 Å². The van der Waals surface area contributed by atoms with Crippen molar-refractivity contribution in [1.82, 2.24) is 0 Å². The Morgan fingerprint density at radius 3 is 3.00 bits per heavy atom. The van der Waals surface area contributed by atoms with Crippen molar-refractivity contribution in [3.63, 3.8) is 0 Å². The van der Waals surface area contributed by atoms with Gasteiger partial charge < -0.3 is 4.74 Å². The van der Waals surface area contributed by atoms with Gasteiger partial charge in [-0.25, -0.2) is 0 Å². The first-order chi connectivity index (χ1) is 8.13. The summed E-state index contributed by atoms with van der Waals surface area (Å²) in [6, 6.07) is 5.53. The van der Waals surface area contributed by atoms with Crippen LogP contribution in [-0.2, 0) is 16.0 Å². The Bertz CT molecular complexity index is 468.